The lowest BCUT2D eigenvalue weighted by atomic mass is 10.0. The second-order valence-corrected chi connectivity index (χ2v) is 4.45. The van der Waals surface area contributed by atoms with Gasteiger partial charge in [0.15, 0.2) is 0 Å². The third-order valence-electron chi connectivity index (χ3n) is 2.95. The first-order valence-corrected chi connectivity index (χ1v) is 6.08. The molecule has 0 aliphatic rings. The zero-order valence-corrected chi connectivity index (χ0v) is 11.6. The topological polar surface area (TPSA) is 12.5 Å². The van der Waals surface area contributed by atoms with Crippen molar-refractivity contribution in [2.75, 3.05) is 32.2 Å². The molecule has 1 aromatic carbocycles. The van der Waals surface area contributed by atoms with Crippen LogP contribution in [0.5, 0.6) is 0 Å². The standard InChI is InChI=1S/C15H23NO/c1-6-17-11-12(2)13(3)14-9-7-8-10-15(14)16(4)5/h7-10H,6,11H2,1-5H3. The maximum Gasteiger partial charge on any atom is 0.0679 e. The molecule has 0 bridgehead atoms. The summed E-state index contributed by atoms with van der Waals surface area (Å²) in [6.07, 6.45) is 0. The van der Waals surface area contributed by atoms with Crippen molar-refractivity contribution in [2.24, 2.45) is 0 Å². The fourth-order valence-electron chi connectivity index (χ4n) is 1.77. The van der Waals surface area contributed by atoms with Gasteiger partial charge in [-0.2, -0.15) is 0 Å². The quantitative estimate of drug-likeness (QED) is 0.770. The van der Waals surface area contributed by atoms with Gasteiger partial charge < -0.3 is 9.64 Å². The number of anilines is 1. The molecule has 2 heteroatoms. The molecule has 0 unspecified atom stereocenters. The SMILES string of the molecule is CCOCC(C)=C(C)c1ccccc1N(C)C. The van der Waals surface area contributed by atoms with Crippen molar-refractivity contribution in [2.45, 2.75) is 20.8 Å². The van der Waals surface area contributed by atoms with Crippen molar-refractivity contribution in [1.82, 2.24) is 0 Å². The van der Waals surface area contributed by atoms with Gasteiger partial charge in [-0.1, -0.05) is 18.2 Å². The number of ether oxygens (including phenoxy) is 1. The fourth-order valence-corrected chi connectivity index (χ4v) is 1.77. The first kappa shape index (κ1) is 13.8. The van der Waals surface area contributed by atoms with Crippen LogP contribution >= 0.6 is 0 Å². The minimum absolute atomic E-state index is 0.712. The molecule has 0 N–H and O–H groups in total. The van der Waals surface area contributed by atoms with E-state index in [0.29, 0.717) is 6.61 Å². The largest absolute Gasteiger partial charge is 0.377 e. The predicted molar refractivity (Wildman–Crippen MR) is 75.5 cm³/mol. The monoisotopic (exact) mass is 233 g/mol. The van der Waals surface area contributed by atoms with Crippen molar-refractivity contribution in [1.29, 1.82) is 0 Å². The molecule has 0 radical (unpaired) electrons. The highest BCUT2D eigenvalue weighted by Gasteiger charge is 2.07. The average molecular weight is 233 g/mol. The Morgan fingerprint density at radius 2 is 1.82 bits per heavy atom. The van der Waals surface area contributed by atoms with Crippen molar-refractivity contribution in [3.63, 3.8) is 0 Å². The van der Waals surface area contributed by atoms with Gasteiger partial charge in [-0.25, -0.2) is 0 Å². The lowest BCUT2D eigenvalue weighted by molar-refractivity contribution is 0.171. The number of hydrogen-bond donors (Lipinski definition) is 0. The normalized spacial score (nSPS) is 12.3. The van der Waals surface area contributed by atoms with Crippen LogP contribution in [0.4, 0.5) is 5.69 Å². The van der Waals surface area contributed by atoms with Gasteiger partial charge in [0.2, 0.25) is 0 Å². The summed E-state index contributed by atoms with van der Waals surface area (Å²) in [6, 6.07) is 8.47. The molecule has 1 rings (SSSR count). The summed E-state index contributed by atoms with van der Waals surface area (Å²) in [6.45, 7) is 7.80. The van der Waals surface area contributed by atoms with E-state index in [1.807, 2.05) is 6.92 Å². The first-order valence-electron chi connectivity index (χ1n) is 6.08. The lowest BCUT2D eigenvalue weighted by Gasteiger charge is -2.19. The molecule has 0 atom stereocenters. The van der Waals surface area contributed by atoms with Crippen molar-refractivity contribution in [3.8, 4) is 0 Å². The third-order valence-corrected chi connectivity index (χ3v) is 2.95. The Labute approximate surface area is 105 Å². The molecule has 0 saturated heterocycles. The van der Waals surface area contributed by atoms with Crippen LogP contribution in [-0.4, -0.2) is 27.3 Å². The highest BCUT2D eigenvalue weighted by molar-refractivity contribution is 5.77. The Morgan fingerprint density at radius 3 is 2.41 bits per heavy atom. The molecule has 0 fully saturated rings. The van der Waals surface area contributed by atoms with Gasteiger partial charge in [-0.15, -0.1) is 0 Å². The van der Waals surface area contributed by atoms with E-state index in [1.54, 1.807) is 0 Å². The van der Waals surface area contributed by atoms with Gasteiger partial charge in [-0.05, 0) is 38.0 Å². The molecule has 0 aliphatic carbocycles. The maximum absolute atomic E-state index is 5.47. The van der Waals surface area contributed by atoms with E-state index in [1.165, 1.54) is 22.4 Å². The van der Waals surface area contributed by atoms with E-state index < -0.39 is 0 Å². The summed E-state index contributed by atoms with van der Waals surface area (Å²) < 4.78 is 5.47. The zero-order chi connectivity index (χ0) is 12.8. The van der Waals surface area contributed by atoms with Crippen LogP contribution in [0.3, 0.4) is 0 Å². The third kappa shape index (κ3) is 3.60. The van der Waals surface area contributed by atoms with Crippen LogP contribution in [0.2, 0.25) is 0 Å². The van der Waals surface area contributed by atoms with E-state index in [4.69, 9.17) is 4.74 Å². The Bertz CT molecular complexity index is 394. The molecule has 0 heterocycles. The van der Waals surface area contributed by atoms with Gasteiger partial charge in [-0.3, -0.25) is 0 Å². The lowest BCUT2D eigenvalue weighted by Crippen LogP contribution is -2.11. The molecule has 1 aromatic rings. The van der Waals surface area contributed by atoms with Crippen molar-refractivity contribution < 1.29 is 4.74 Å². The predicted octanol–water partition coefficient (Wildman–Crippen LogP) is 3.58. The van der Waals surface area contributed by atoms with Crippen LogP contribution in [0.15, 0.2) is 29.8 Å². The first-order chi connectivity index (χ1) is 8.07. The van der Waals surface area contributed by atoms with Crippen molar-refractivity contribution >= 4 is 11.3 Å². The van der Waals surface area contributed by atoms with E-state index >= 15 is 0 Å². The highest BCUT2D eigenvalue weighted by atomic mass is 16.5. The molecule has 0 aromatic heterocycles. The zero-order valence-electron chi connectivity index (χ0n) is 11.6. The maximum atomic E-state index is 5.47. The summed E-state index contributed by atoms with van der Waals surface area (Å²) in [7, 11) is 4.15. The second kappa shape index (κ2) is 6.45. The van der Waals surface area contributed by atoms with E-state index in [9.17, 15) is 0 Å². The average Bonchev–Trinajstić information content (AvgIpc) is 2.34. The van der Waals surface area contributed by atoms with Gasteiger partial charge in [0, 0.05) is 32.0 Å². The fraction of sp³-hybridized carbons (Fsp3) is 0.467. The highest BCUT2D eigenvalue weighted by Crippen LogP contribution is 2.27. The summed E-state index contributed by atoms with van der Waals surface area (Å²) in [4.78, 5) is 2.15. The van der Waals surface area contributed by atoms with Gasteiger partial charge >= 0.3 is 0 Å². The Hall–Kier alpha value is -1.28. The Balaban J connectivity index is 3.06. The number of hydrogen-bond acceptors (Lipinski definition) is 2. The summed E-state index contributed by atoms with van der Waals surface area (Å²) in [5, 5.41) is 0. The number of allylic oxidation sites excluding steroid dienone is 1. The smallest absolute Gasteiger partial charge is 0.0679 e. The minimum Gasteiger partial charge on any atom is -0.377 e. The molecule has 0 saturated carbocycles. The molecular weight excluding hydrogens is 210 g/mol. The van der Waals surface area contributed by atoms with E-state index in [-0.39, 0.29) is 0 Å². The van der Waals surface area contributed by atoms with Crippen LogP contribution in [-0.2, 0) is 4.74 Å². The second-order valence-electron chi connectivity index (χ2n) is 4.45. The van der Waals surface area contributed by atoms with Crippen LogP contribution in [0.1, 0.15) is 26.3 Å². The molecule has 17 heavy (non-hydrogen) atoms. The summed E-state index contributed by atoms with van der Waals surface area (Å²) >= 11 is 0. The number of benzene rings is 1. The minimum atomic E-state index is 0.712. The van der Waals surface area contributed by atoms with Gasteiger partial charge in [0.25, 0.3) is 0 Å². The number of para-hydroxylation sites is 1. The number of rotatable bonds is 5. The van der Waals surface area contributed by atoms with Crippen LogP contribution in [0, 0.1) is 0 Å². The summed E-state index contributed by atoms with van der Waals surface area (Å²) in [5.41, 5.74) is 5.14. The number of nitrogens with zero attached hydrogens (tertiary/aromatic N) is 1. The van der Waals surface area contributed by atoms with E-state index in [0.717, 1.165) is 6.61 Å². The van der Waals surface area contributed by atoms with Crippen LogP contribution < -0.4 is 4.90 Å². The van der Waals surface area contributed by atoms with Gasteiger partial charge in [0.1, 0.15) is 0 Å². The Kier molecular flexibility index (Phi) is 5.23. The molecule has 0 aliphatic heterocycles. The van der Waals surface area contributed by atoms with Gasteiger partial charge in [0.05, 0.1) is 6.61 Å². The molecule has 2 nitrogen and oxygen atoms in total. The van der Waals surface area contributed by atoms with Crippen LogP contribution in [0.25, 0.3) is 5.57 Å². The molecule has 94 valence electrons. The molecule has 0 amide bonds. The molecular formula is C15H23NO. The van der Waals surface area contributed by atoms with E-state index in [2.05, 4.69) is 57.1 Å². The summed E-state index contributed by atoms with van der Waals surface area (Å²) in [5.74, 6) is 0. The van der Waals surface area contributed by atoms with Crippen molar-refractivity contribution in [3.05, 3.63) is 35.4 Å². The molecule has 0 spiro atoms. The Morgan fingerprint density at radius 1 is 1.18 bits per heavy atom.